The molecule has 0 spiro atoms. The van der Waals surface area contributed by atoms with E-state index in [9.17, 15) is 9.59 Å². The summed E-state index contributed by atoms with van der Waals surface area (Å²) in [5.74, 6) is 0.575. The molecule has 6 nitrogen and oxygen atoms in total. The van der Waals surface area contributed by atoms with Crippen LogP contribution in [0.1, 0.15) is 20.8 Å². The number of amides is 2. The number of carbonyl (C=O) groups is 2. The van der Waals surface area contributed by atoms with E-state index < -0.39 is 0 Å². The van der Waals surface area contributed by atoms with E-state index in [2.05, 4.69) is 6.58 Å². The van der Waals surface area contributed by atoms with E-state index in [1.165, 1.54) is 19.1 Å². The summed E-state index contributed by atoms with van der Waals surface area (Å²) < 4.78 is 10.6. The van der Waals surface area contributed by atoms with Crippen molar-refractivity contribution in [1.82, 2.24) is 9.80 Å². The second kappa shape index (κ2) is 11.9. The molecule has 0 N–H and O–H groups in total. The van der Waals surface area contributed by atoms with Crippen LogP contribution < -0.4 is 9.47 Å². The summed E-state index contributed by atoms with van der Waals surface area (Å²) in [7, 11) is 3.06. The molecule has 0 unspecified atom stereocenters. The molecule has 0 aliphatic heterocycles. The first-order valence-corrected chi connectivity index (χ1v) is 11.4. The number of hydrogen-bond donors (Lipinski definition) is 0. The van der Waals surface area contributed by atoms with E-state index in [-0.39, 0.29) is 24.9 Å². The first kappa shape index (κ1) is 24.1. The number of hydrogen-bond acceptors (Lipinski definition) is 5. The largest absolute Gasteiger partial charge is 0.497 e. The van der Waals surface area contributed by atoms with Gasteiger partial charge < -0.3 is 19.3 Å². The van der Waals surface area contributed by atoms with Crippen LogP contribution in [-0.4, -0.2) is 48.9 Å². The van der Waals surface area contributed by atoms with Gasteiger partial charge in [0.1, 0.15) is 18.0 Å². The molecule has 7 heteroatoms. The fraction of sp³-hybridized carbons (Fsp3) is 0.231. The normalized spacial score (nSPS) is 10.4. The van der Waals surface area contributed by atoms with Crippen molar-refractivity contribution in [2.24, 2.45) is 0 Å². The van der Waals surface area contributed by atoms with Crippen LogP contribution in [0, 0.1) is 0 Å². The van der Waals surface area contributed by atoms with Crippen LogP contribution in [0.25, 0.3) is 0 Å². The van der Waals surface area contributed by atoms with Crippen molar-refractivity contribution < 1.29 is 19.1 Å². The fourth-order valence-corrected chi connectivity index (χ4v) is 4.10. The Bertz CT molecular complexity index is 1040. The predicted molar refractivity (Wildman–Crippen MR) is 131 cm³/mol. The van der Waals surface area contributed by atoms with Crippen LogP contribution in [-0.2, 0) is 17.9 Å². The number of carbonyl (C=O) groups excluding carboxylic acids is 2. The maximum atomic E-state index is 13.4. The Balaban J connectivity index is 1.82. The van der Waals surface area contributed by atoms with E-state index in [4.69, 9.17) is 9.47 Å². The highest BCUT2D eigenvalue weighted by Gasteiger charge is 2.23. The summed E-state index contributed by atoms with van der Waals surface area (Å²) in [6.45, 7) is 4.87. The molecule has 3 aromatic rings. The highest BCUT2D eigenvalue weighted by Crippen LogP contribution is 2.24. The van der Waals surface area contributed by atoms with Crippen molar-refractivity contribution in [1.29, 1.82) is 0 Å². The average molecular weight is 465 g/mol. The Morgan fingerprint density at radius 2 is 1.64 bits per heavy atom. The lowest BCUT2D eigenvalue weighted by atomic mass is 10.1. The molecule has 1 heterocycles. The van der Waals surface area contributed by atoms with Crippen molar-refractivity contribution in [2.75, 3.05) is 27.3 Å². The van der Waals surface area contributed by atoms with Gasteiger partial charge in [0.05, 0.1) is 20.8 Å². The average Bonchev–Trinajstić information content (AvgIpc) is 3.36. The standard InChI is InChI=1S/C26H28N2O4S/c1-4-12-27(26(30)21-14-22(31-2)16-23(15-21)32-3)19-25(29)28(18-24-11-8-13-33-24)17-20-9-6-5-7-10-20/h4-11,13-16H,1,12,17-19H2,2-3H3. The van der Waals surface area contributed by atoms with Gasteiger partial charge in [-0.1, -0.05) is 42.5 Å². The molecule has 3 rings (SSSR count). The molecule has 0 aliphatic carbocycles. The van der Waals surface area contributed by atoms with E-state index in [1.54, 1.807) is 40.5 Å². The van der Waals surface area contributed by atoms with E-state index in [0.29, 0.717) is 30.2 Å². The Morgan fingerprint density at radius 3 is 2.21 bits per heavy atom. The smallest absolute Gasteiger partial charge is 0.254 e. The maximum Gasteiger partial charge on any atom is 0.254 e. The van der Waals surface area contributed by atoms with Gasteiger partial charge in [0, 0.05) is 29.6 Å². The molecule has 0 aliphatic rings. The topological polar surface area (TPSA) is 59.1 Å². The number of nitrogens with zero attached hydrogens (tertiary/aromatic N) is 2. The van der Waals surface area contributed by atoms with Gasteiger partial charge in [0.2, 0.25) is 5.91 Å². The third-order valence-electron chi connectivity index (χ3n) is 5.06. The highest BCUT2D eigenvalue weighted by atomic mass is 32.1. The molecule has 33 heavy (non-hydrogen) atoms. The first-order chi connectivity index (χ1) is 16.0. The zero-order valence-corrected chi connectivity index (χ0v) is 19.7. The lowest BCUT2D eigenvalue weighted by Gasteiger charge is -2.27. The molecule has 0 radical (unpaired) electrons. The molecule has 172 valence electrons. The Labute approximate surface area is 198 Å². The van der Waals surface area contributed by atoms with Crippen LogP contribution in [0.5, 0.6) is 11.5 Å². The number of ether oxygens (including phenoxy) is 2. The number of methoxy groups -OCH3 is 2. The van der Waals surface area contributed by atoms with Crippen molar-refractivity contribution in [3.8, 4) is 11.5 Å². The number of benzene rings is 2. The Hall–Kier alpha value is -3.58. The summed E-state index contributed by atoms with van der Waals surface area (Å²) in [4.78, 5) is 31.0. The van der Waals surface area contributed by atoms with Crippen molar-refractivity contribution in [2.45, 2.75) is 13.1 Å². The summed E-state index contributed by atoms with van der Waals surface area (Å²) >= 11 is 1.60. The molecule has 0 bridgehead atoms. The van der Waals surface area contributed by atoms with Crippen LogP contribution in [0.4, 0.5) is 0 Å². The monoisotopic (exact) mass is 464 g/mol. The molecule has 0 atom stereocenters. The molecular formula is C26H28N2O4S. The van der Waals surface area contributed by atoms with Crippen molar-refractivity contribution in [3.63, 3.8) is 0 Å². The van der Waals surface area contributed by atoms with Crippen molar-refractivity contribution >= 4 is 23.2 Å². The molecule has 0 saturated heterocycles. The zero-order valence-electron chi connectivity index (χ0n) is 18.9. The summed E-state index contributed by atoms with van der Waals surface area (Å²) in [5, 5.41) is 1.99. The minimum absolute atomic E-state index is 0.0669. The SMILES string of the molecule is C=CCN(CC(=O)N(Cc1ccccc1)Cc1cccs1)C(=O)c1cc(OC)cc(OC)c1. The molecule has 2 amide bonds. The molecule has 2 aromatic carbocycles. The minimum atomic E-state index is -0.295. The third kappa shape index (κ3) is 6.70. The summed E-state index contributed by atoms with van der Waals surface area (Å²) in [5.41, 5.74) is 1.41. The van der Waals surface area contributed by atoms with Gasteiger partial charge >= 0.3 is 0 Å². The lowest BCUT2D eigenvalue weighted by molar-refractivity contribution is -0.133. The van der Waals surface area contributed by atoms with E-state index in [1.807, 2.05) is 47.8 Å². The van der Waals surface area contributed by atoms with Crippen LogP contribution in [0.2, 0.25) is 0 Å². The van der Waals surface area contributed by atoms with Gasteiger partial charge in [-0.2, -0.15) is 0 Å². The highest BCUT2D eigenvalue weighted by molar-refractivity contribution is 7.09. The number of thiophene rings is 1. The van der Waals surface area contributed by atoms with Gasteiger partial charge in [0.25, 0.3) is 5.91 Å². The van der Waals surface area contributed by atoms with Crippen molar-refractivity contribution in [3.05, 3.63) is 94.7 Å². The summed E-state index contributed by atoms with van der Waals surface area (Å²) in [6.07, 6.45) is 1.61. The van der Waals surface area contributed by atoms with Gasteiger partial charge in [-0.25, -0.2) is 0 Å². The second-order valence-corrected chi connectivity index (χ2v) is 8.42. The minimum Gasteiger partial charge on any atom is -0.497 e. The Morgan fingerprint density at radius 1 is 0.939 bits per heavy atom. The van der Waals surface area contributed by atoms with E-state index in [0.717, 1.165) is 10.4 Å². The predicted octanol–water partition coefficient (Wildman–Crippen LogP) is 4.62. The summed E-state index contributed by atoms with van der Waals surface area (Å²) in [6, 6.07) is 18.8. The lowest BCUT2D eigenvalue weighted by Crippen LogP contribution is -2.42. The Kier molecular flexibility index (Phi) is 8.66. The van der Waals surface area contributed by atoms with Gasteiger partial charge in [-0.3, -0.25) is 9.59 Å². The molecule has 0 saturated carbocycles. The van der Waals surface area contributed by atoms with Gasteiger partial charge in [0.15, 0.2) is 0 Å². The van der Waals surface area contributed by atoms with E-state index >= 15 is 0 Å². The third-order valence-corrected chi connectivity index (χ3v) is 5.92. The van der Waals surface area contributed by atoms with Crippen LogP contribution in [0.3, 0.4) is 0 Å². The molecular weight excluding hydrogens is 436 g/mol. The van der Waals surface area contributed by atoms with Crippen LogP contribution >= 0.6 is 11.3 Å². The maximum absolute atomic E-state index is 13.4. The number of rotatable bonds is 11. The van der Waals surface area contributed by atoms with Gasteiger partial charge in [-0.15, -0.1) is 17.9 Å². The van der Waals surface area contributed by atoms with Gasteiger partial charge in [-0.05, 0) is 29.1 Å². The molecule has 0 fully saturated rings. The second-order valence-electron chi connectivity index (χ2n) is 7.39. The zero-order chi connectivity index (χ0) is 23.6. The fourth-order valence-electron chi connectivity index (χ4n) is 3.38. The quantitative estimate of drug-likeness (QED) is 0.389. The first-order valence-electron chi connectivity index (χ1n) is 10.5. The molecule has 1 aromatic heterocycles. The van der Waals surface area contributed by atoms with Crippen LogP contribution in [0.15, 0.2) is 78.7 Å².